The van der Waals surface area contributed by atoms with Crippen LogP contribution < -0.4 is 5.32 Å². The molecule has 1 aliphatic carbocycles. The van der Waals surface area contributed by atoms with Crippen molar-refractivity contribution in [1.82, 2.24) is 10.3 Å². The summed E-state index contributed by atoms with van der Waals surface area (Å²) in [6, 6.07) is 11.7. The Balaban J connectivity index is 1.69. The average molecular weight is 300 g/mol. The van der Waals surface area contributed by atoms with Crippen molar-refractivity contribution >= 4 is 32.9 Å². The van der Waals surface area contributed by atoms with Crippen LogP contribution >= 0.6 is 22.7 Å². The molecule has 4 heteroatoms. The number of fused-ring (bicyclic) bond motifs is 1. The quantitative estimate of drug-likeness (QED) is 0.755. The Kier molecular flexibility index (Phi) is 3.10. The maximum absolute atomic E-state index is 4.34. The van der Waals surface area contributed by atoms with Gasteiger partial charge in [-0.25, -0.2) is 4.98 Å². The smallest absolute Gasteiger partial charge is 0.0812 e. The molecule has 0 aliphatic heterocycles. The second-order valence-corrected chi connectivity index (χ2v) is 7.34. The van der Waals surface area contributed by atoms with Gasteiger partial charge in [0.25, 0.3) is 0 Å². The number of nitrogens with one attached hydrogen (secondary N) is 1. The summed E-state index contributed by atoms with van der Waals surface area (Å²) in [4.78, 5) is 7.17. The molecule has 1 saturated carbocycles. The second kappa shape index (κ2) is 4.95. The molecule has 2 heterocycles. The van der Waals surface area contributed by atoms with Gasteiger partial charge in [0, 0.05) is 15.8 Å². The molecule has 20 heavy (non-hydrogen) atoms. The van der Waals surface area contributed by atoms with E-state index in [1.165, 1.54) is 32.9 Å². The third kappa shape index (κ3) is 2.18. The van der Waals surface area contributed by atoms with Gasteiger partial charge >= 0.3 is 0 Å². The van der Waals surface area contributed by atoms with Crippen molar-refractivity contribution in [3.8, 4) is 10.4 Å². The van der Waals surface area contributed by atoms with Gasteiger partial charge in [0.2, 0.25) is 0 Å². The number of hydrogen-bond acceptors (Lipinski definition) is 4. The summed E-state index contributed by atoms with van der Waals surface area (Å²) in [6.45, 7) is 0. The van der Waals surface area contributed by atoms with E-state index in [2.05, 4.69) is 47.7 Å². The van der Waals surface area contributed by atoms with Crippen LogP contribution in [0.5, 0.6) is 0 Å². The first-order valence-electron chi connectivity index (χ1n) is 6.96. The van der Waals surface area contributed by atoms with Gasteiger partial charge < -0.3 is 5.32 Å². The van der Waals surface area contributed by atoms with Gasteiger partial charge in [-0.05, 0) is 55.6 Å². The average Bonchev–Trinajstić information content (AvgIpc) is 3.01. The molecule has 102 valence electrons. The number of benzene rings is 1. The van der Waals surface area contributed by atoms with Gasteiger partial charge in [0.1, 0.15) is 0 Å². The molecule has 0 radical (unpaired) electrons. The van der Waals surface area contributed by atoms with Crippen LogP contribution in [0, 0.1) is 5.92 Å². The number of aromatic nitrogens is 1. The van der Waals surface area contributed by atoms with Crippen molar-refractivity contribution in [3.63, 3.8) is 0 Å². The monoisotopic (exact) mass is 300 g/mol. The highest BCUT2D eigenvalue weighted by Gasteiger charge is 2.32. The highest BCUT2D eigenvalue weighted by Crippen LogP contribution is 2.44. The lowest BCUT2D eigenvalue weighted by atomic mass is 10.1. The molecule has 2 nitrogen and oxygen atoms in total. The highest BCUT2D eigenvalue weighted by atomic mass is 32.1. The van der Waals surface area contributed by atoms with E-state index in [-0.39, 0.29) is 0 Å². The van der Waals surface area contributed by atoms with Crippen molar-refractivity contribution in [2.75, 3.05) is 7.05 Å². The number of thiazole rings is 1. The summed E-state index contributed by atoms with van der Waals surface area (Å²) in [5, 5.41) is 3.47. The van der Waals surface area contributed by atoms with E-state index >= 15 is 0 Å². The Labute approximate surface area is 126 Å². The molecule has 1 aliphatic rings. The van der Waals surface area contributed by atoms with Crippen LogP contribution in [-0.4, -0.2) is 12.0 Å². The fourth-order valence-electron chi connectivity index (χ4n) is 2.72. The predicted molar refractivity (Wildman–Crippen MR) is 87.5 cm³/mol. The fourth-order valence-corrected chi connectivity index (χ4v) is 4.65. The van der Waals surface area contributed by atoms with Crippen molar-refractivity contribution in [2.24, 2.45) is 5.92 Å². The van der Waals surface area contributed by atoms with E-state index in [0.29, 0.717) is 6.04 Å². The Bertz CT molecular complexity index is 740. The lowest BCUT2D eigenvalue weighted by molar-refractivity contribution is 0.537. The maximum atomic E-state index is 4.34. The summed E-state index contributed by atoms with van der Waals surface area (Å²) in [5.74, 6) is 0.843. The molecular formula is C16H16N2S2. The number of rotatable bonds is 4. The summed E-state index contributed by atoms with van der Waals surface area (Å²) >= 11 is 3.63. The van der Waals surface area contributed by atoms with E-state index in [1.807, 2.05) is 16.8 Å². The summed E-state index contributed by atoms with van der Waals surface area (Å²) in [6.07, 6.45) is 2.73. The number of nitrogens with zero attached hydrogens (tertiary/aromatic N) is 1. The van der Waals surface area contributed by atoms with E-state index in [1.54, 1.807) is 11.3 Å². The van der Waals surface area contributed by atoms with Crippen LogP contribution in [-0.2, 0) is 0 Å². The van der Waals surface area contributed by atoms with E-state index in [4.69, 9.17) is 0 Å². The summed E-state index contributed by atoms with van der Waals surface area (Å²) in [5.41, 5.74) is 4.32. The molecule has 1 aromatic carbocycles. The van der Waals surface area contributed by atoms with Crippen LogP contribution in [0.2, 0.25) is 0 Å². The van der Waals surface area contributed by atoms with Gasteiger partial charge in [-0.3, -0.25) is 0 Å². The van der Waals surface area contributed by atoms with Crippen LogP contribution in [0.3, 0.4) is 0 Å². The van der Waals surface area contributed by atoms with Crippen molar-refractivity contribution in [2.45, 2.75) is 18.9 Å². The molecule has 4 rings (SSSR count). The van der Waals surface area contributed by atoms with Crippen molar-refractivity contribution in [3.05, 3.63) is 40.7 Å². The highest BCUT2D eigenvalue weighted by molar-refractivity contribution is 7.17. The molecule has 0 amide bonds. The van der Waals surface area contributed by atoms with Gasteiger partial charge in [0.05, 0.1) is 15.7 Å². The van der Waals surface area contributed by atoms with Crippen molar-refractivity contribution in [1.29, 1.82) is 0 Å². The standard InChI is InChI=1S/C16H16N2S2/c1-17-16(10-2-3-10)14-7-6-13(20-14)11-4-5-12-15(8-11)19-9-18-12/h4-10,16-17H,2-3H2,1H3. The lowest BCUT2D eigenvalue weighted by Crippen LogP contribution is -2.16. The SMILES string of the molecule is CNC(c1ccc(-c2ccc3ncsc3c2)s1)C1CC1. The molecule has 0 bridgehead atoms. The molecule has 1 unspecified atom stereocenters. The third-order valence-corrected chi connectivity index (χ3v) is 5.96. The van der Waals surface area contributed by atoms with Gasteiger partial charge in [-0.2, -0.15) is 0 Å². The molecule has 0 saturated heterocycles. The summed E-state index contributed by atoms with van der Waals surface area (Å²) in [7, 11) is 2.08. The van der Waals surface area contributed by atoms with Gasteiger partial charge in [-0.15, -0.1) is 22.7 Å². The third-order valence-electron chi connectivity index (χ3n) is 3.95. The molecule has 1 N–H and O–H groups in total. The number of thiophene rings is 1. The minimum atomic E-state index is 0.542. The molecule has 1 fully saturated rings. The zero-order valence-corrected chi connectivity index (χ0v) is 12.9. The lowest BCUT2D eigenvalue weighted by Gasteiger charge is -2.12. The molecule has 3 aromatic rings. The first kappa shape index (κ1) is 12.5. The Hall–Kier alpha value is -1.23. The predicted octanol–water partition coefficient (Wildman–Crippen LogP) is 4.70. The number of hydrogen-bond donors (Lipinski definition) is 1. The zero-order valence-electron chi connectivity index (χ0n) is 11.3. The molecule has 0 spiro atoms. The van der Waals surface area contributed by atoms with Gasteiger partial charge in [-0.1, -0.05) is 6.07 Å². The van der Waals surface area contributed by atoms with E-state index in [9.17, 15) is 0 Å². The fraction of sp³-hybridized carbons (Fsp3) is 0.312. The zero-order chi connectivity index (χ0) is 13.5. The summed E-state index contributed by atoms with van der Waals surface area (Å²) < 4.78 is 1.27. The van der Waals surface area contributed by atoms with Crippen LogP contribution in [0.25, 0.3) is 20.7 Å². The van der Waals surface area contributed by atoms with Crippen LogP contribution in [0.15, 0.2) is 35.8 Å². The van der Waals surface area contributed by atoms with Gasteiger partial charge in [0.15, 0.2) is 0 Å². The van der Waals surface area contributed by atoms with Crippen molar-refractivity contribution < 1.29 is 0 Å². The maximum Gasteiger partial charge on any atom is 0.0812 e. The molecular weight excluding hydrogens is 284 g/mol. The second-order valence-electron chi connectivity index (χ2n) is 5.34. The first-order chi connectivity index (χ1) is 9.85. The molecule has 1 atom stereocenters. The van der Waals surface area contributed by atoms with Crippen LogP contribution in [0.4, 0.5) is 0 Å². The topological polar surface area (TPSA) is 24.9 Å². The minimum absolute atomic E-state index is 0.542. The largest absolute Gasteiger partial charge is 0.312 e. The first-order valence-corrected chi connectivity index (χ1v) is 8.65. The molecule has 2 aromatic heterocycles. The van der Waals surface area contributed by atoms with Crippen LogP contribution in [0.1, 0.15) is 23.8 Å². The normalized spacial score (nSPS) is 16.6. The van der Waals surface area contributed by atoms with E-state index < -0.39 is 0 Å². The minimum Gasteiger partial charge on any atom is -0.312 e. The Morgan fingerprint density at radius 2 is 2.15 bits per heavy atom. The van der Waals surface area contributed by atoms with E-state index in [0.717, 1.165) is 11.4 Å². The Morgan fingerprint density at radius 3 is 2.95 bits per heavy atom. The Morgan fingerprint density at radius 1 is 1.25 bits per heavy atom.